The van der Waals surface area contributed by atoms with E-state index in [1.165, 1.54) is 0 Å². The Kier molecular flexibility index (Phi) is 3.26. The van der Waals surface area contributed by atoms with E-state index in [-0.39, 0.29) is 5.78 Å². The molecule has 1 rings (SSSR count). The summed E-state index contributed by atoms with van der Waals surface area (Å²) in [6.45, 7) is 3.33. The highest BCUT2D eigenvalue weighted by atomic mass is 16.3. The van der Waals surface area contributed by atoms with Gasteiger partial charge in [0.05, 0.1) is 6.26 Å². The smallest absolute Gasteiger partial charge is 0.155 e. The van der Waals surface area contributed by atoms with E-state index < -0.39 is 0 Å². The maximum Gasteiger partial charge on any atom is 0.155 e. The Balaban J connectivity index is 2.60. The summed E-state index contributed by atoms with van der Waals surface area (Å²) < 4.78 is 5.07. The van der Waals surface area contributed by atoms with Crippen molar-refractivity contribution >= 4 is 11.9 Å². The first-order valence-electron chi connectivity index (χ1n) is 4.09. The van der Waals surface area contributed by atoms with Crippen LogP contribution in [0.3, 0.4) is 0 Å². The van der Waals surface area contributed by atoms with Crippen LogP contribution in [0.2, 0.25) is 0 Å². The highest BCUT2D eigenvalue weighted by Crippen LogP contribution is 2.03. The number of hydrogen-bond acceptors (Lipinski definition) is 2. The van der Waals surface area contributed by atoms with Crippen LogP contribution >= 0.6 is 0 Å². The van der Waals surface area contributed by atoms with Gasteiger partial charge in [-0.25, -0.2) is 0 Å². The Bertz CT molecular complexity index is 329. The maximum atomic E-state index is 10.8. The van der Waals surface area contributed by atoms with E-state index in [0.717, 1.165) is 11.3 Å². The second-order valence-corrected chi connectivity index (χ2v) is 2.78. The lowest BCUT2D eigenvalue weighted by Gasteiger charge is -1.88. The van der Waals surface area contributed by atoms with E-state index in [2.05, 4.69) is 0 Å². The fourth-order valence-corrected chi connectivity index (χ4v) is 0.791. The lowest BCUT2D eigenvalue weighted by molar-refractivity contribution is -0.113. The highest BCUT2D eigenvalue weighted by molar-refractivity contribution is 5.92. The molecule has 68 valence electrons. The molecule has 0 fully saturated rings. The summed E-state index contributed by atoms with van der Waals surface area (Å²) in [5, 5.41) is 0. The largest absolute Gasteiger partial charge is 0.465 e. The molecule has 0 aromatic carbocycles. The summed E-state index contributed by atoms with van der Waals surface area (Å²) >= 11 is 0. The molecule has 0 aliphatic heterocycles. The van der Waals surface area contributed by atoms with E-state index in [0.29, 0.717) is 0 Å². The molecule has 0 N–H and O–H groups in total. The van der Waals surface area contributed by atoms with E-state index in [1.54, 1.807) is 32.3 Å². The van der Waals surface area contributed by atoms with Crippen molar-refractivity contribution in [2.45, 2.75) is 13.8 Å². The monoisotopic (exact) mass is 176 g/mol. The second-order valence-electron chi connectivity index (χ2n) is 2.78. The van der Waals surface area contributed by atoms with Crippen LogP contribution in [0, 0.1) is 0 Å². The lowest BCUT2D eigenvalue weighted by Crippen LogP contribution is -1.89. The van der Waals surface area contributed by atoms with Crippen LogP contribution in [-0.4, -0.2) is 5.78 Å². The zero-order chi connectivity index (χ0) is 9.68. The summed E-state index contributed by atoms with van der Waals surface area (Å²) in [4.78, 5) is 10.8. The van der Waals surface area contributed by atoms with Crippen molar-refractivity contribution < 1.29 is 9.21 Å². The summed E-state index contributed by atoms with van der Waals surface area (Å²) in [5.74, 6) is 0.872. The molecule has 2 heteroatoms. The Morgan fingerprint density at radius 2 is 2.23 bits per heavy atom. The van der Waals surface area contributed by atoms with Crippen molar-refractivity contribution in [2.24, 2.45) is 0 Å². The molecule has 13 heavy (non-hydrogen) atoms. The second kappa shape index (κ2) is 4.45. The van der Waals surface area contributed by atoms with E-state index in [9.17, 15) is 4.79 Å². The Hall–Kier alpha value is -1.57. The number of hydrogen-bond donors (Lipinski definition) is 0. The number of rotatable bonds is 3. The molecule has 0 spiro atoms. The highest BCUT2D eigenvalue weighted by Gasteiger charge is 1.92. The molecular formula is C11H12O2. The SMILES string of the molecule is CC(=O)C(C)=CC=Cc1ccco1. The average molecular weight is 176 g/mol. The van der Waals surface area contributed by atoms with Crippen molar-refractivity contribution in [3.8, 4) is 0 Å². The minimum absolute atomic E-state index is 0.0871. The molecule has 0 aliphatic carbocycles. The number of ketones is 1. The van der Waals surface area contributed by atoms with Crippen LogP contribution < -0.4 is 0 Å². The third-order valence-electron chi connectivity index (χ3n) is 1.71. The van der Waals surface area contributed by atoms with Gasteiger partial charge in [-0.3, -0.25) is 4.79 Å². The first-order chi connectivity index (χ1) is 6.20. The quantitative estimate of drug-likeness (QED) is 0.523. The molecule has 0 atom stereocenters. The number of carbonyl (C=O) groups excluding carboxylic acids is 1. The van der Waals surface area contributed by atoms with Gasteiger partial charge in [-0.1, -0.05) is 12.2 Å². The summed E-state index contributed by atoms with van der Waals surface area (Å²) in [5.41, 5.74) is 0.739. The van der Waals surface area contributed by atoms with Crippen molar-refractivity contribution in [1.29, 1.82) is 0 Å². The first-order valence-corrected chi connectivity index (χ1v) is 4.09. The van der Waals surface area contributed by atoms with E-state index in [1.807, 2.05) is 18.2 Å². The standard InChI is InChI=1S/C11H12O2/c1-9(10(2)12)5-3-6-11-7-4-8-13-11/h3-8H,1-2H3. The Morgan fingerprint density at radius 3 is 2.77 bits per heavy atom. The predicted molar refractivity (Wildman–Crippen MR) is 52.2 cm³/mol. The zero-order valence-corrected chi connectivity index (χ0v) is 7.78. The fourth-order valence-electron chi connectivity index (χ4n) is 0.791. The normalized spacial score (nSPS) is 12.3. The third kappa shape index (κ3) is 3.11. The molecule has 0 amide bonds. The molecule has 0 aliphatic rings. The van der Waals surface area contributed by atoms with Gasteiger partial charge >= 0.3 is 0 Å². The third-order valence-corrected chi connectivity index (χ3v) is 1.71. The zero-order valence-electron chi connectivity index (χ0n) is 7.78. The Labute approximate surface area is 77.6 Å². The number of allylic oxidation sites excluding steroid dienone is 3. The van der Waals surface area contributed by atoms with Gasteiger partial charge in [0.25, 0.3) is 0 Å². The van der Waals surface area contributed by atoms with Crippen molar-refractivity contribution in [2.75, 3.05) is 0 Å². The van der Waals surface area contributed by atoms with Gasteiger partial charge in [-0.05, 0) is 37.6 Å². The summed E-state index contributed by atoms with van der Waals surface area (Å²) in [6.07, 6.45) is 6.99. The van der Waals surface area contributed by atoms with Crippen LogP contribution in [-0.2, 0) is 4.79 Å². The molecule has 2 nitrogen and oxygen atoms in total. The first kappa shape index (κ1) is 9.52. The van der Waals surface area contributed by atoms with Crippen LogP contribution in [0.4, 0.5) is 0 Å². The molecule has 0 radical (unpaired) electrons. The van der Waals surface area contributed by atoms with Gasteiger partial charge < -0.3 is 4.42 Å². The summed E-state index contributed by atoms with van der Waals surface area (Å²) in [7, 11) is 0. The molecule has 1 heterocycles. The topological polar surface area (TPSA) is 30.2 Å². The summed E-state index contributed by atoms with van der Waals surface area (Å²) in [6, 6.07) is 3.68. The molecule has 1 aromatic heterocycles. The van der Waals surface area contributed by atoms with E-state index in [4.69, 9.17) is 4.42 Å². The predicted octanol–water partition coefficient (Wildman–Crippen LogP) is 2.83. The van der Waals surface area contributed by atoms with Crippen molar-refractivity contribution in [1.82, 2.24) is 0 Å². The van der Waals surface area contributed by atoms with Gasteiger partial charge in [-0.2, -0.15) is 0 Å². The lowest BCUT2D eigenvalue weighted by atomic mass is 10.2. The van der Waals surface area contributed by atoms with Gasteiger partial charge in [-0.15, -0.1) is 0 Å². The minimum atomic E-state index is 0.0871. The molecule has 0 unspecified atom stereocenters. The van der Waals surface area contributed by atoms with Gasteiger partial charge in [0.15, 0.2) is 5.78 Å². The van der Waals surface area contributed by atoms with Gasteiger partial charge in [0.1, 0.15) is 5.76 Å². The van der Waals surface area contributed by atoms with Crippen molar-refractivity contribution in [3.63, 3.8) is 0 Å². The number of Topliss-reactive ketones (excluding diaryl/α,β-unsaturated/α-hetero) is 1. The van der Waals surface area contributed by atoms with Crippen LogP contribution in [0.15, 0.2) is 40.5 Å². The molecule has 1 aromatic rings. The van der Waals surface area contributed by atoms with Crippen LogP contribution in [0.1, 0.15) is 19.6 Å². The fraction of sp³-hybridized carbons (Fsp3) is 0.182. The number of carbonyl (C=O) groups is 1. The molecule has 0 saturated heterocycles. The van der Waals surface area contributed by atoms with Crippen LogP contribution in [0.5, 0.6) is 0 Å². The van der Waals surface area contributed by atoms with Crippen molar-refractivity contribution in [3.05, 3.63) is 41.9 Å². The molecule has 0 saturated carbocycles. The van der Waals surface area contributed by atoms with E-state index >= 15 is 0 Å². The molecule has 0 bridgehead atoms. The van der Waals surface area contributed by atoms with Gasteiger partial charge in [0, 0.05) is 0 Å². The maximum absolute atomic E-state index is 10.8. The van der Waals surface area contributed by atoms with Gasteiger partial charge in [0.2, 0.25) is 0 Å². The van der Waals surface area contributed by atoms with Crippen LogP contribution in [0.25, 0.3) is 6.08 Å². The number of furan rings is 1. The average Bonchev–Trinajstić information content (AvgIpc) is 2.56. The minimum Gasteiger partial charge on any atom is -0.465 e. The Morgan fingerprint density at radius 1 is 1.46 bits per heavy atom. The molecular weight excluding hydrogens is 164 g/mol.